The molecule has 1 saturated carbocycles. The van der Waals surface area contributed by atoms with Gasteiger partial charge in [0.25, 0.3) is 0 Å². The third-order valence-corrected chi connectivity index (χ3v) is 6.56. The summed E-state index contributed by atoms with van der Waals surface area (Å²) in [6, 6.07) is 10.8. The van der Waals surface area contributed by atoms with Crippen LogP contribution in [0.25, 0.3) is 0 Å². The van der Waals surface area contributed by atoms with Crippen molar-refractivity contribution in [1.29, 1.82) is 0 Å². The van der Waals surface area contributed by atoms with Crippen LogP contribution in [0, 0.1) is 5.92 Å². The molecule has 3 fully saturated rings. The Morgan fingerprint density at radius 3 is 2.68 bits per heavy atom. The van der Waals surface area contributed by atoms with Gasteiger partial charge in [-0.1, -0.05) is 67.6 Å². The lowest BCUT2D eigenvalue weighted by molar-refractivity contribution is 0.0619. The molecule has 2 saturated heterocycles. The topological polar surface area (TPSA) is 61.2 Å². The molecule has 0 amide bonds. The zero-order valence-electron chi connectivity index (χ0n) is 16.4. The van der Waals surface area contributed by atoms with Crippen LogP contribution in [0.4, 0.5) is 0 Å². The fourth-order valence-corrected chi connectivity index (χ4v) is 4.98. The number of fused-ring (bicyclic) bond motifs is 1. The van der Waals surface area contributed by atoms with Gasteiger partial charge in [0.2, 0.25) is 0 Å². The summed E-state index contributed by atoms with van der Waals surface area (Å²) in [7, 11) is 0. The molecule has 3 aliphatic rings. The van der Waals surface area contributed by atoms with Gasteiger partial charge in [-0.3, -0.25) is 0 Å². The van der Waals surface area contributed by atoms with E-state index in [1.54, 1.807) is 0 Å². The van der Waals surface area contributed by atoms with Gasteiger partial charge < -0.3 is 14.8 Å². The average molecular weight is 383 g/mol. The summed E-state index contributed by atoms with van der Waals surface area (Å²) in [5.41, 5.74) is 2.40. The maximum Gasteiger partial charge on any atom is 0.110 e. The molecule has 150 valence electrons. The van der Waals surface area contributed by atoms with Gasteiger partial charge in [0.15, 0.2) is 0 Å². The second-order valence-corrected chi connectivity index (χ2v) is 8.53. The van der Waals surface area contributed by atoms with Crippen LogP contribution < -0.4 is 5.32 Å². The number of nitrogens with one attached hydrogen (secondary N) is 1. The van der Waals surface area contributed by atoms with E-state index in [1.807, 2.05) is 10.7 Å². The van der Waals surface area contributed by atoms with E-state index in [9.17, 15) is 0 Å². The van der Waals surface area contributed by atoms with Crippen molar-refractivity contribution in [1.82, 2.24) is 20.3 Å². The fraction of sp³-hybridized carbons (Fsp3) is 0.636. The maximum atomic E-state index is 6.13. The van der Waals surface area contributed by atoms with Crippen molar-refractivity contribution >= 4 is 0 Å². The Balaban J connectivity index is 1.18. The Hall–Kier alpha value is -1.76. The minimum absolute atomic E-state index is 0.0532. The van der Waals surface area contributed by atoms with E-state index < -0.39 is 0 Å². The number of rotatable bonds is 6. The average Bonchev–Trinajstić information content (AvgIpc) is 3.45. The Labute approximate surface area is 166 Å². The second-order valence-electron chi connectivity index (χ2n) is 8.53. The number of aromatic nitrogens is 3. The summed E-state index contributed by atoms with van der Waals surface area (Å²) in [6.45, 7) is 2.16. The first-order chi connectivity index (χ1) is 13.9. The summed E-state index contributed by atoms with van der Waals surface area (Å²) in [5, 5.41) is 12.5. The molecule has 1 aromatic heterocycles. The Kier molecular flexibility index (Phi) is 5.43. The lowest BCUT2D eigenvalue weighted by Crippen LogP contribution is -2.40. The van der Waals surface area contributed by atoms with Gasteiger partial charge in [-0.15, -0.1) is 5.10 Å². The van der Waals surface area contributed by atoms with E-state index in [4.69, 9.17) is 9.47 Å². The van der Waals surface area contributed by atoms with Crippen LogP contribution in [0.1, 0.15) is 49.4 Å². The van der Waals surface area contributed by atoms with Crippen molar-refractivity contribution in [3.05, 3.63) is 47.8 Å². The minimum atomic E-state index is 0.0532. The van der Waals surface area contributed by atoms with Gasteiger partial charge >= 0.3 is 0 Å². The standard InChI is InChI=1S/C22H30N4O2/c1-3-7-16(8-4-1)11-18-13-26(25-24-18)20-15-28-21-19(14-27-22(20)21)23-12-17-9-5-2-6-10-17/h2,5-6,9-10,13,16,19-23H,1,3-4,7-8,11-12,14-15H2/t19-,20-,21+,22+/m0/s1. The Morgan fingerprint density at radius 2 is 1.82 bits per heavy atom. The van der Waals surface area contributed by atoms with Gasteiger partial charge in [-0.25, -0.2) is 4.68 Å². The minimum Gasteiger partial charge on any atom is -0.371 e. The molecule has 0 radical (unpaired) electrons. The highest BCUT2D eigenvalue weighted by Crippen LogP contribution is 2.34. The molecule has 3 heterocycles. The summed E-state index contributed by atoms with van der Waals surface area (Å²) in [4.78, 5) is 0. The highest BCUT2D eigenvalue weighted by molar-refractivity contribution is 5.15. The summed E-state index contributed by atoms with van der Waals surface area (Å²) in [6.07, 6.45) is 10.1. The zero-order valence-corrected chi connectivity index (χ0v) is 16.4. The smallest absolute Gasteiger partial charge is 0.110 e. The van der Waals surface area contributed by atoms with Crippen LogP contribution in [0.15, 0.2) is 36.5 Å². The molecule has 1 N–H and O–H groups in total. The van der Waals surface area contributed by atoms with Crippen LogP contribution in [0.5, 0.6) is 0 Å². The molecule has 1 aliphatic carbocycles. The molecule has 2 aromatic rings. The fourth-order valence-electron chi connectivity index (χ4n) is 4.98. The normalized spacial score (nSPS) is 30.6. The number of hydrogen-bond donors (Lipinski definition) is 1. The summed E-state index contributed by atoms with van der Waals surface area (Å²) >= 11 is 0. The first-order valence-electron chi connectivity index (χ1n) is 10.8. The molecular weight excluding hydrogens is 352 g/mol. The molecule has 2 aliphatic heterocycles. The van der Waals surface area contributed by atoms with Gasteiger partial charge in [0.05, 0.1) is 24.9 Å². The lowest BCUT2D eigenvalue weighted by atomic mass is 9.86. The lowest BCUT2D eigenvalue weighted by Gasteiger charge is -2.20. The molecular formula is C22H30N4O2. The molecule has 6 heteroatoms. The molecule has 0 bridgehead atoms. The summed E-state index contributed by atoms with van der Waals surface area (Å²) in [5.74, 6) is 0.778. The first-order valence-corrected chi connectivity index (χ1v) is 10.8. The van der Waals surface area contributed by atoms with Crippen molar-refractivity contribution in [2.24, 2.45) is 5.92 Å². The SMILES string of the molecule is c1ccc(CN[C@H]2CO[C@H]3[C@@H]2OC[C@@H]3n2cc(CC3CCCCC3)nn2)cc1. The quantitative estimate of drug-likeness (QED) is 0.832. The first kappa shape index (κ1) is 18.3. The van der Waals surface area contributed by atoms with Gasteiger partial charge in [0.1, 0.15) is 18.2 Å². The highest BCUT2D eigenvalue weighted by atomic mass is 16.6. The van der Waals surface area contributed by atoms with Crippen molar-refractivity contribution in [3.8, 4) is 0 Å². The van der Waals surface area contributed by atoms with Crippen LogP contribution in [-0.4, -0.2) is 46.5 Å². The van der Waals surface area contributed by atoms with Crippen LogP contribution in [-0.2, 0) is 22.4 Å². The zero-order chi connectivity index (χ0) is 18.8. The molecule has 0 unspecified atom stereocenters. The van der Waals surface area contributed by atoms with Gasteiger partial charge in [-0.05, 0) is 17.9 Å². The number of hydrogen-bond acceptors (Lipinski definition) is 5. The molecule has 4 atom stereocenters. The molecule has 5 rings (SSSR count). The van der Waals surface area contributed by atoms with E-state index in [2.05, 4.69) is 46.1 Å². The van der Waals surface area contributed by atoms with Crippen LogP contribution in [0.3, 0.4) is 0 Å². The van der Waals surface area contributed by atoms with Crippen LogP contribution >= 0.6 is 0 Å². The predicted octanol–water partition coefficient (Wildman–Crippen LogP) is 2.90. The predicted molar refractivity (Wildman–Crippen MR) is 106 cm³/mol. The highest BCUT2D eigenvalue weighted by Gasteiger charge is 2.48. The third kappa shape index (κ3) is 3.86. The molecule has 0 spiro atoms. The van der Waals surface area contributed by atoms with Gasteiger partial charge in [0, 0.05) is 12.7 Å². The van der Waals surface area contributed by atoms with Crippen molar-refractivity contribution in [2.75, 3.05) is 13.2 Å². The van der Waals surface area contributed by atoms with E-state index in [0.717, 1.165) is 24.6 Å². The molecule has 28 heavy (non-hydrogen) atoms. The molecule has 1 aromatic carbocycles. The summed E-state index contributed by atoms with van der Waals surface area (Å²) < 4.78 is 14.2. The number of nitrogens with zero attached hydrogens (tertiary/aromatic N) is 3. The number of benzene rings is 1. The van der Waals surface area contributed by atoms with Gasteiger partial charge in [-0.2, -0.15) is 0 Å². The van der Waals surface area contributed by atoms with Crippen molar-refractivity contribution in [2.45, 2.75) is 69.4 Å². The van der Waals surface area contributed by atoms with E-state index in [1.165, 1.54) is 37.7 Å². The van der Waals surface area contributed by atoms with Crippen LogP contribution in [0.2, 0.25) is 0 Å². The number of ether oxygens (including phenoxy) is 2. The Bertz CT molecular complexity index is 759. The second kappa shape index (κ2) is 8.31. The monoisotopic (exact) mass is 382 g/mol. The maximum absolute atomic E-state index is 6.13. The van der Waals surface area contributed by atoms with Crippen molar-refractivity contribution < 1.29 is 9.47 Å². The van der Waals surface area contributed by atoms with E-state index in [-0.39, 0.29) is 24.3 Å². The van der Waals surface area contributed by atoms with Crippen molar-refractivity contribution in [3.63, 3.8) is 0 Å². The largest absolute Gasteiger partial charge is 0.371 e. The Morgan fingerprint density at radius 1 is 1.00 bits per heavy atom. The third-order valence-electron chi connectivity index (χ3n) is 6.56. The van der Waals surface area contributed by atoms with E-state index >= 15 is 0 Å². The molecule has 6 nitrogen and oxygen atoms in total. The van der Waals surface area contributed by atoms with E-state index in [0.29, 0.717) is 13.2 Å².